The lowest BCUT2D eigenvalue weighted by molar-refractivity contribution is -0.138. The molecule has 5 nitrogen and oxygen atoms in total. The summed E-state index contributed by atoms with van der Waals surface area (Å²) in [6.45, 7) is 2.20. The second-order valence-corrected chi connectivity index (χ2v) is 4.84. The Kier molecular flexibility index (Phi) is 4.04. The van der Waals surface area contributed by atoms with Gasteiger partial charge in [0.1, 0.15) is 5.75 Å². The Morgan fingerprint density at radius 2 is 2.26 bits per heavy atom. The third-order valence-electron chi connectivity index (χ3n) is 3.06. The van der Waals surface area contributed by atoms with Crippen LogP contribution in [0.15, 0.2) is 18.2 Å². The largest absolute Gasteiger partial charge is 0.493 e. The van der Waals surface area contributed by atoms with Crippen LogP contribution in [0, 0.1) is 5.92 Å². The molecule has 2 rings (SSSR count). The van der Waals surface area contributed by atoms with Crippen molar-refractivity contribution in [3.63, 3.8) is 0 Å². The third kappa shape index (κ3) is 3.47. The van der Waals surface area contributed by atoms with Gasteiger partial charge in [0.25, 0.3) is 0 Å². The number of carbonyl (C=O) groups is 2. The standard InChI is InChI=1S/C14H17NO4/c1-9(7-14(17)18)8-19-12-4-2-3-11-10(12)5-6-13(16)15-11/h2-4,9H,5-8H2,1H3,(H,15,16)(H,17,18). The molecule has 5 heteroatoms. The Morgan fingerprint density at radius 1 is 1.47 bits per heavy atom. The maximum absolute atomic E-state index is 11.3. The van der Waals surface area contributed by atoms with Crippen molar-refractivity contribution in [3.8, 4) is 5.75 Å². The minimum Gasteiger partial charge on any atom is -0.493 e. The van der Waals surface area contributed by atoms with Crippen molar-refractivity contribution in [2.24, 2.45) is 5.92 Å². The zero-order chi connectivity index (χ0) is 13.8. The fourth-order valence-electron chi connectivity index (χ4n) is 2.12. The van der Waals surface area contributed by atoms with Crippen LogP contribution >= 0.6 is 0 Å². The number of carboxylic acid groups (broad SMARTS) is 1. The summed E-state index contributed by atoms with van der Waals surface area (Å²) in [6.07, 6.45) is 1.20. The molecule has 2 N–H and O–H groups in total. The smallest absolute Gasteiger partial charge is 0.303 e. The van der Waals surface area contributed by atoms with E-state index < -0.39 is 5.97 Å². The van der Waals surface area contributed by atoms with Crippen molar-refractivity contribution >= 4 is 17.6 Å². The molecule has 0 spiro atoms. The van der Waals surface area contributed by atoms with Crippen LogP contribution in [0.2, 0.25) is 0 Å². The molecule has 0 fully saturated rings. The van der Waals surface area contributed by atoms with E-state index in [1.54, 1.807) is 0 Å². The monoisotopic (exact) mass is 263 g/mol. The van der Waals surface area contributed by atoms with Crippen LogP contribution in [-0.2, 0) is 16.0 Å². The van der Waals surface area contributed by atoms with Crippen molar-refractivity contribution in [2.45, 2.75) is 26.2 Å². The van der Waals surface area contributed by atoms with E-state index in [0.29, 0.717) is 19.4 Å². The quantitative estimate of drug-likeness (QED) is 0.852. The van der Waals surface area contributed by atoms with E-state index in [9.17, 15) is 9.59 Å². The summed E-state index contributed by atoms with van der Waals surface area (Å²) < 4.78 is 5.69. The van der Waals surface area contributed by atoms with E-state index in [0.717, 1.165) is 17.0 Å². The Labute approximate surface area is 111 Å². The zero-order valence-corrected chi connectivity index (χ0v) is 10.8. The Morgan fingerprint density at radius 3 is 3.00 bits per heavy atom. The highest BCUT2D eigenvalue weighted by Gasteiger charge is 2.18. The average molecular weight is 263 g/mol. The number of amides is 1. The lowest BCUT2D eigenvalue weighted by atomic mass is 10.0. The number of hydrogen-bond acceptors (Lipinski definition) is 3. The maximum Gasteiger partial charge on any atom is 0.303 e. The number of carbonyl (C=O) groups excluding carboxylic acids is 1. The molecule has 1 amide bonds. The molecule has 0 bridgehead atoms. The van der Waals surface area contributed by atoms with Crippen LogP contribution in [0.5, 0.6) is 5.75 Å². The molecular formula is C14H17NO4. The second-order valence-electron chi connectivity index (χ2n) is 4.84. The lowest BCUT2D eigenvalue weighted by Crippen LogP contribution is -2.20. The van der Waals surface area contributed by atoms with Gasteiger partial charge >= 0.3 is 5.97 Å². The van der Waals surface area contributed by atoms with Crippen molar-refractivity contribution in [2.75, 3.05) is 11.9 Å². The number of carboxylic acids is 1. The van der Waals surface area contributed by atoms with Gasteiger partial charge < -0.3 is 15.2 Å². The zero-order valence-electron chi connectivity index (χ0n) is 10.8. The first-order valence-corrected chi connectivity index (χ1v) is 6.32. The first-order valence-electron chi connectivity index (χ1n) is 6.32. The van der Waals surface area contributed by atoms with Crippen molar-refractivity contribution < 1.29 is 19.4 Å². The van der Waals surface area contributed by atoms with E-state index in [1.807, 2.05) is 25.1 Å². The summed E-state index contributed by atoms with van der Waals surface area (Å²) in [5, 5.41) is 11.5. The van der Waals surface area contributed by atoms with E-state index in [4.69, 9.17) is 9.84 Å². The summed E-state index contributed by atoms with van der Waals surface area (Å²) in [5.74, 6) is -0.122. The molecule has 1 atom stereocenters. The van der Waals surface area contributed by atoms with Crippen LogP contribution in [0.3, 0.4) is 0 Å². The number of rotatable bonds is 5. The Balaban J connectivity index is 2.03. The molecule has 1 unspecified atom stereocenters. The number of nitrogens with one attached hydrogen (secondary N) is 1. The molecule has 1 aliphatic rings. The van der Waals surface area contributed by atoms with Gasteiger partial charge in [-0.3, -0.25) is 9.59 Å². The minimum absolute atomic E-state index is 0.0175. The number of anilines is 1. The van der Waals surface area contributed by atoms with Gasteiger partial charge in [0.2, 0.25) is 5.91 Å². The first-order chi connectivity index (χ1) is 9.06. The molecule has 19 heavy (non-hydrogen) atoms. The van der Waals surface area contributed by atoms with Crippen LogP contribution in [0.4, 0.5) is 5.69 Å². The van der Waals surface area contributed by atoms with Gasteiger partial charge in [0.15, 0.2) is 0 Å². The average Bonchev–Trinajstić information content (AvgIpc) is 2.35. The Bertz CT molecular complexity index is 498. The molecule has 0 aliphatic carbocycles. The second kappa shape index (κ2) is 5.73. The summed E-state index contributed by atoms with van der Waals surface area (Å²) in [7, 11) is 0. The molecule has 102 valence electrons. The topological polar surface area (TPSA) is 75.6 Å². The number of hydrogen-bond donors (Lipinski definition) is 2. The van der Waals surface area contributed by atoms with Crippen LogP contribution in [-0.4, -0.2) is 23.6 Å². The van der Waals surface area contributed by atoms with Crippen LogP contribution < -0.4 is 10.1 Å². The number of fused-ring (bicyclic) bond motifs is 1. The summed E-state index contributed by atoms with van der Waals surface area (Å²) in [4.78, 5) is 21.9. The molecule has 1 aromatic rings. The molecule has 1 heterocycles. The van der Waals surface area contributed by atoms with Gasteiger partial charge in [-0.25, -0.2) is 0 Å². The fourth-order valence-corrected chi connectivity index (χ4v) is 2.12. The first kappa shape index (κ1) is 13.4. The van der Waals surface area contributed by atoms with Crippen molar-refractivity contribution in [1.29, 1.82) is 0 Å². The highest BCUT2D eigenvalue weighted by atomic mass is 16.5. The van der Waals surface area contributed by atoms with Crippen LogP contribution in [0.1, 0.15) is 25.3 Å². The summed E-state index contributed by atoms with van der Waals surface area (Å²) in [6, 6.07) is 5.52. The molecule has 0 saturated heterocycles. The SMILES string of the molecule is CC(COc1cccc2c1CCC(=O)N2)CC(=O)O. The highest BCUT2D eigenvalue weighted by molar-refractivity contribution is 5.94. The summed E-state index contributed by atoms with van der Waals surface area (Å²) >= 11 is 0. The fraction of sp³-hybridized carbons (Fsp3) is 0.429. The lowest BCUT2D eigenvalue weighted by Gasteiger charge is -2.21. The van der Waals surface area contributed by atoms with Gasteiger partial charge in [0, 0.05) is 23.6 Å². The minimum atomic E-state index is -0.821. The predicted molar refractivity (Wildman–Crippen MR) is 70.3 cm³/mol. The maximum atomic E-state index is 11.3. The number of aliphatic carboxylic acids is 1. The van der Waals surface area contributed by atoms with Gasteiger partial charge in [-0.05, 0) is 18.6 Å². The van der Waals surface area contributed by atoms with Gasteiger partial charge in [-0.2, -0.15) is 0 Å². The van der Waals surface area contributed by atoms with Crippen molar-refractivity contribution in [3.05, 3.63) is 23.8 Å². The molecule has 1 aliphatic heterocycles. The molecule has 1 aromatic carbocycles. The highest BCUT2D eigenvalue weighted by Crippen LogP contribution is 2.31. The van der Waals surface area contributed by atoms with E-state index in [1.165, 1.54) is 0 Å². The number of ether oxygens (including phenoxy) is 1. The van der Waals surface area contributed by atoms with Crippen molar-refractivity contribution in [1.82, 2.24) is 0 Å². The van der Waals surface area contributed by atoms with Gasteiger partial charge in [0.05, 0.1) is 13.0 Å². The van der Waals surface area contributed by atoms with E-state index in [-0.39, 0.29) is 18.2 Å². The van der Waals surface area contributed by atoms with E-state index >= 15 is 0 Å². The van der Waals surface area contributed by atoms with Crippen LogP contribution in [0.25, 0.3) is 0 Å². The summed E-state index contributed by atoms with van der Waals surface area (Å²) in [5.41, 5.74) is 1.78. The predicted octanol–water partition coefficient (Wildman–Crippen LogP) is 2.06. The molecule has 0 saturated carbocycles. The third-order valence-corrected chi connectivity index (χ3v) is 3.06. The molecule has 0 radical (unpaired) electrons. The van der Waals surface area contributed by atoms with E-state index in [2.05, 4.69) is 5.32 Å². The van der Waals surface area contributed by atoms with Gasteiger partial charge in [-0.1, -0.05) is 13.0 Å². The number of benzene rings is 1. The normalized spacial score (nSPS) is 15.3. The Hall–Kier alpha value is -2.04. The molecule has 0 aromatic heterocycles. The van der Waals surface area contributed by atoms with Gasteiger partial charge in [-0.15, -0.1) is 0 Å². The molecular weight excluding hydrogens is 246 g/mol.